The number of alkyl carbamates (subject to hydrolysis) is 1. The second-order valence-corrected chi connectivity index (χ2v) is 8.71. The van der Waals surface area contributed by atoms with Crippen LogP contribution in [0.3, 0.4) is 0 Å². The molecule has 2 rings (SSSR count). The third-order valence-corrected chi connectivity index (χ3v) is 4.99. The van der Waals surface area contributed by atoms with Crippen LogP contribution in [0.2, 0.25) is 0 Å². The summed E-state index contributed by atoms with van der Waals surface area (Å²) in [5.74, 6) is 0.327. The number of amides is 1. The molecule has 160 valence electrons. The van der Waals surface area contributed by atoms with Crippen LogP contribution in [0.5, 0.6) is 0 Å². The van der Waals surface area contributed by atoms with E-state index in [9.17, 15) is 18.0 Å². The minimum Gasteiger partial charge on any atom is -0.444 e. The molecule has 0 bridgehead atoms. The summed E-state index contributed by atoms with van der Waals surface area (Å²) in [5.41, 5.74) is -0.237. The molecule has 0 saturated carbocycles. The molecule has 0 fully saturated rings. The number of alkyl halides is 4. The first-order valence-electron chi connectivity index (χ1n) is 8.97. The van der Waals surface area contributed by atoms with Crippen LogP contribution in [0.1, 0.15) is 49.2 Å². The molecule has 0 aromatic carbocycles. The maximum atomic E-state index is 12.7. The van der Waals surface area contributed by atoms with Crippen molar-refractivity contribution in [2.45, 2.75) is 63.7 Å². The van der Waals surface area contributed by atoms with E-state index in [1.54, 1.807) is 20.8 Å². The van der Waals surface area contributed by atoms with Gasteiger partial charge in [0.05, 0.1) is 16.6 Å². The van der Waals surface area contributed by atoms with Gasteiger partial charge >= 0.3 is 12.3 Å². The van der Waals surface area contributed by atoms with Crippen molar-refractivity contribution < 1.29 is 22.7 Å². The summed E-state index contributed by atoms with van der Waals surface area (Å²) in [6.07, 6.45) is -2.44. The van der Waals surface area contributed by atoms with Crippen molar-refractivity contribution in [2.75, 3.05) is 0 Å². The van der Waals surface area contributed by atoms with Crippen LogP contribution < -0.4 is 5.32 Å². The summed E-state index contributed by atoms with van der Waals surface area (Å²) in [7, 11) is 0. The van der Waals surface area contributed by atoms with E-state index in [4.69, 9.17) is 16.3 Å². The highest BCUT2D eigenvalue weighted by Crippen LogP contribution is 2.27. The number of hydrogen-bond donors (Lipinski definition) is 1. The Balaban J connectivity index is 2.07. The minimum atomic E-state index is -4.49. The molecular weight excluding hydrogens is 427 g/mol. The van der Waals surface area contributed by atoms with Crippen molar-refractivity contribution in [3.05, 3.63) is 45.7 Å². The molecule has 2 aromatic rings. The fourth-order valence-corrected chi connectivity index (χ4v) is 3.56. The smallest absolute Gasteiger partial charge is 0.433 e. The molecule has 0 spiro atoms. The first-order chi connectivity index (χ1) is 13.5. The van der Waals surface area contributed by atoms with Gasteiger partial charge in [0.2, 0.25) is 0 Å². The Labute approximate surface area is 176 Å². The maximum Gasteiger partial charge on any atom is 0.433 e. The number of carbonyl (C=O) groups excluding carboxylic acids is 1. The quantitative estimate of drug-likeness (QED) is 0.577. The number of halogens is 4. The molecular formula is C19H23ClF3N3O2S. The van der Waals surface area contributed by atoms with Crippen molar-refractivity contribution >= 4 is 29.0 Å². The zero-order valence-corrected chi connectivity index (χ0v) is 17.9. The number of aryl methyl sites for hydroxylation is 1. The van der Waals surface area contributed by atoms with E-state index in [2.05, 4.69) is 15.3 Å². The lowest BCUT2D eigenvalue weighted by molar-refractivity contribution is -0.141. The van der Waals surface area contributed by atoms with E-state index in [-0.39, 0.29) is 6.04 Å². The van der Waals surface area contributed by atoms with Gasteiger partial charge < -0.3 is 10.1 Å². The maximum absolute atomic E-state index is 12.7. The lowest BCUT2D eigenvalue weighted by atomic mass is 10.0. The van der Waals surface area contributed by atoms with E-state index < -0.39 is 23.6 Å². The average molecular weight is 450 g/mol. The highest BCUT2D eigenvalue weighted by atomic mass is 35.5. The van der Waals surface area contributed by atoms with Crippen LogP contribution in [-0.2, 0) is 29.6 Å². The second kappa shape index (κ2) is 9.75. The fraction of sp³-hybridized carbons (Fsp3) is 0.526. The number of nitrogens with one attached hydrogen (secondary N) is 1. The summed E-state index contributed by atoms with van der Waals surface area (Å²) in [6, 6.07) is 1.95. The Morgan fingerprint density at radius 3 is 2.55 bits per heavy atom. The lowest BCUT2D eigenvalue weighted by Crippen LogP contribution is -2.40. The lowest BCUT2D eigenvalue weighted by Gasteiger charge is -2.23. The van der Waals surface area contributed by atoms with Gasteiger partial charge in [0.1, 0.15) is 11.3 Å². The zero-order valence-electron chi connectivity index (χ0n) is 16.3. The van der Waals surface area contributed by atoms with E-state index in [1.165, 1.54) is 23.6 Å². The van der Waals surface area contributed by atoms with Crippen molar-refractivity contribution in [1.82, 2.24) is 15.3 Å². The van der Waals surface area contributed by atoms with Gasteiger partial charge in [-0.25, -0.2) is 9.78 Å². The normalized spacial score (nSPS) is 13.2. The molecule has 0 aliphatic carbocycles. The molecule has 0 aliphatic rings. The highest BCUT2D eigenvalue weighted by molar-refractivity contribution is 7.09. The van der Waals surface area contributed by atoms with Crippen LogP contribution in [0.25, 0.3) is 0 Å². The Kier molecular flexibility index (Phi) is 7.87. The zero-order chi connectivity index (χ0) is 21.7. The Morgan fingerprint density at radius 1 is 1.31 bits per heavy atom. The van der Waals surface area contributed by atoms with Crippen molar-refractivity contribution in [3.8, 4) is 0 Å². The van der Waals surface area contributed by atoms with Crippen LogP contribution >= 0.6 is 22.9 Å². The Morgan fingerprint density at radius 2 is 2.03 bits per heavy atom. The van der Waals surface area contributed by atoms with Gasteiger partial charge in [0, 0.05) is 24.0 Å². The first-order valence-corrected chi connectivity index (χ1v) is 10.4. The summed E-state index contributed by atoms with van der Waals surface area (Å²) in [4.78, 5) is 20.0. The van der Waals surface area contributed by atoms with Gasteiger partial charge in [-0.2, -0.15) is 13.2 Å². The topological polar surface area (TPSA) is 64.1 Å². The molecule has 10 heteroatoms. The third-order valence-electron chi connectivity index (χ3n) is 3.76. The predicted molar refractivity (Wildman–Crippen MR) is 106 cm³/mol. The number of carbonyl (C=O) groups is 1. The average Bonchev–Trinajstić information content (AvgIpc) is 3.06. The van der Waals surface area contributed by atoms with Crippen LogP contribution in [0.4, 0.5) is 18.0 Å². The Hall–Kier alpha value is -1.87. The van der Waals surface area contributed by atoms with E-state index >= 15 is 0 Å². The second-order valence-electron chi connectivity index (χ2n) is 7.50. The number of ether oxygens (including phenoxy) is 1. The van der Waals surface area contributed by atoms with Gasteiger partial charge in [-0.15, -0.1) is 22.9 Å². The number of rotatable bonds is 7. The fourth-order valence-electron chi connectivity index (χ4n) is 2.52. The molecule has 2 aromatic heterocycles. The summed E-state index contributed by atoms with van der Waals surface area (Å²) >= 11 is 7.25. The molecule has 29 heavy (non-hydrogen) atoms. The predicted octanol–water partition coefficient (Wildman–Crippen LogP) is 5.36. The molecule has 1 unspecified atom stereocenters. The van der Waals surface area contributed by atoms with Gasteiger partial charge in [0.25, 0.3) is 0 Å². The minimum absolute atomic E-state index is 0.318. The SMILES string of the molecule is CC(C)(C)OC(=O)NC(CCc1nc(CCl)cs1)Cc1ccc(C(F)(F)F)nc1. The number of thiazole rings is 1. The molecule has 1 N–H and O–H groups in total. The van der Waals surface area contributed by atoms with Gasteiger partial charge in [0.15, 0.2) is 0 Å². The molecule has 0 radical (unpaired) electrons. The Bertz CT molecular complexity index is 804. The molecule has 0 aliphatic heterocycles. The van der Waals surface area contributed by atoms with Crippen molar-refractivity contribution in [2.24, 2.45) is 0 Å². The number of hydrogen-bond acceptors (Lipinski definition) is 5. The number of pyridine rings is 1. The van der Waals surface area contributed by atoms with E-state index in [1.807, 2.05) is 5.38 Å². The van der Waals surface area contributed by atoms with Crippen LogP contribution in [0.15, 0.2) is 23.7 Å². The molecule has 0 saturated heterocycles. The van der Waals surface area contributed by atoms with Gasteiger partial charge in [-0.05, 0) is 45.2 Å². The summed E-state index contributed by atoms with van der Waals surface area (Å²) < 4.78 is 43.4. The monoisotopic (exact) mass is 449 g/mol. The highest BCUT2D eigenvalue weighted by Gasteiger charge is 2.32. The third kappa shape index (κ3) is 8.18. The molecule has 1 amide bonds. The van der Waals surface area contributed by atoms with Crippen molar-refractivity contribution in [1.29, 1.82) is 0 Å². The largest absolute Gasteiger partial charge is 0.444 e. The molecule has 1 atom stereocenters. The van der Waals surface area contributed by atoms with E-state index in [0.717, 1.165) is 16.8 Å². The number of aromatic nitrogens is 2. The van der Waals surface area contributed by atoms with E-state index in [0.29, 0.717) is 30.7 Å². The van der Waals surface area contributed by atoms with Gasteiger partial charge in [-0.1, -0.05) is 6.07 Å². The van der Waals surface area contributed by atoms with Crippen molar-refractivity contribution in [3.63, 3.8) is 0 Å². The molecule has 5 nitrogen and oxygen atoms in total. The first kappa shape index (κ1) is 23.4. The van der Waals surface area contributed by atoms with Crippen LogP contribution in [-0.4, -0.2) is 27.7 Å². The van der Waals surface area contributed by atoms with Crippen LogP contribution in [0, 0.1) is 0 Å². The van der Waals surface area contributed by atoms with Gasteiger partial charge in [-0.3, -0.25) is 4.98 Å². The standard InChI is InChI=1S/C19H23ClF3N3O2S/c1-18(2,3)28-17(27)26-13(5-7-16-25-14(9-20)11-29-16)8-12-4-6-15(24-10-12)19(21,22)23/h4,6,10-11,13H,5,7-9H2,1-3H3,(H,26,27). The number of nitrogens with zero attached hydrogens (tertiary/aromatic N) is 2. The summed E-state index contributed by atoms with van der Waals surface area (Å²) in [6.45, 7) is 5.26. The molecule has 2 heterocycles. The summed E-state index contributed by atoms with van der Waals surface area (Å²) in [5, 5.41) is 5.55.